The summed E-state index contributed by atoms with van der Waals surface area (Å²) in [5.41, 5.74) is 1.37. The number of halogens is 1. The Balaban J connectivity index is 1.93. The minimum Gasteiger partial charge on any atom is -0.251 e. The van der Waals surface area contributed by atoms with E-state index < -0.39 is 24.8 Å². The molecule has 1 aromatic heterocycles. The molecule has 1 unspecified atom stereocenters. The first-order chi connectivity index (χ1) is 12.0. The van der Waals surface area contributed by atoms with Crippen molar-refractivity contribution in [3.63, 3.8) is 0 Å². The van der Waals surface area contributed by atoms with Gasteiger partial charge in [0.25, 0.3) is 0 Å². The SMILES string of the molecule is CC1(S(=O)(=O)n2ccc(S(N)(=O)=O)c2)C=CC(c2cccc(F)c2)=CC1. The molecule has 1 aliphatic rings. The average molecular weight is 396 g/mol. The van der Waals surface area contributed by atoms with E-state index in [-0.39, 0.29) is 17.1 Å². The zero-order chi connectivity index (χ0) is 19.2. The molecule has 1 aliphatic carbocycles. The molecule has 6 nitrogen and oxygen atoms in total. The van der Waals surface area contributed by atoms with E-state index in [0.717, 1.165) is 28.0 Å². The van der Waals surface area contributed by atoms with Gasteiger partial charge in [0.05, 0.1) is 0 Å². The summed E-state index contributed by atoms with van der Waals surface area (Å²) in [6, 6.07) is 7.16. The molecule has 1 aromatic carbocycles. The second-order valence-corrected chi connectivity index (χ2v) is 10.1. The van der Waals surface area contributed by atoms with Crippen molar-refractivity contribution in [3.8, 4) is 0 Å². The van der Waals surface area contributed by atoms with E-state index in [4.69, 9.17) is 5.14 Å². The highest BCUT2D eigenvalue weighted by Crippen LogP contribution is 2.34. The van der Waals surface area contributed by atoms with Gasteiger partial charge in [0, 0.05) is 12.4 Å². The van der Waals surface area contributed by atoms with Gasteiger partial charge < -0.3 is 0 Å². The number of nitrogens with zero attached hydrogens (tertiary/aromatic N) is 1. The topological polar surface area (TPSA) is 99.2 Å². The first-order valence-corrected chi connectivity index (χ1v) is 10.6. The van der Waals surface area contributed by atoms with E-state index >= 15 is 0 Å². The van der Waals surface area contributed by atoms with E-state index in [2.05, 4.69) is 0 Å². The summed E-state index contributed by atoms with van der Waals surface area (Å²) in [6.45, 7) is 1.54. The Labute approximate surface area is 151 Å². The van der Waals surface area contributed by atoms with Gasteiger partial charge in [-0.3, -0.25) is 3.97 Å². The van der Waals surface area contributed by atoms with Crippen molar-refractivity contribution < 1.29 is 21.2 Å². The highest BCUT2D eigenvalue weighted by molar-refractivity contribution is 7.91. The van der Waals surface area contributed by atoms with E-state index in [1.165, 1.54) is 25.1 Å². The van der Waals surface area contributed by atoms with E-state index in [0.29, 0.717) is 5.56 Å². The fraction of sp³-hybridized carbons (Fsp3) is 0.176. The fourth-order valence-electron chi connectivity index (χ4n) is 2.71. The summed E-state index contributed by atoms with van der Waals surface area (Å²) < 4.78 is 61.6. The molecule has 3 rings (SSSR count). The minimum atomic E-state index is -3.99. The molecule has 0 bridgehead atoms. The van der Waals surface area contributed by atoms with Gasteiger partial charge in [-0.05, 0) is 42.7 Å². The zero-order valence-corrected chi connectivity index (χ0v) is 15.5. The summed E-state index contributed by atoms with van der Waals surface area (Å²) in [7, 11) is -7.92. The lowest BCUT2D eigenvalue weighted by Crippen LogP contribution is -2.37. The second-order valence-electron chi connectivity index (χ2n) is 6.25. The van der Waals surface area contributed by atoms with Gasteiger partial charge in [-0.25, -0.2) is 26.4 Å². The number of sulfonamides is 1. The largest absolute Gasteiger partial charge is 0.251 e. The standard InChI is InChI=1S/C17H17FN2O4S2/c1-17(26(23,24)20-10-7-16(12-20)25(19,21)22)8-5-13(6-9-17)14-3-2-4-15(18)11-14/h2-8,10-12H,9H2,1H3,(H2,19,21,22). The van der Waals surface area contributed by atoms with Gasteiger partial charge >= 0.3 is 0 Å². The maximum absolute atomic E-state index is 13.4. The van der Waals surface area contributed by atoms with Crippen LogP contribution in [0.3, 0.4) is 0 Å². The van der Waals surface area contributed by atoms with Gasteiger partial charge in [0.1, 0.15) is 15.5 Å². The lowest BCUT2D eigenvalue weighted by atomic mass is 9.93. The molecule has 1 heterocycles. The third-order valence-electron chi connectivity index (χ3n) is 4.34. The van der Waals surface area contributed by atoms with Crippen LogP contribution in [0, 0.1) is 5.82 Å². The Morgan fingerprint density at radius 3 is 2.46 bits per heavy atom. The average Bonchev–Trinajstić information content (AvgIpc) is 3.06. The molecule has 0 fully saturated rings. The van der Waals surface area contributed by atoms with Crippen molar-refractivity contribution in [3.05, 3.63) is 72.3 Å². The number of hydrogen-bond donors (Lipinski definition) is 1. The lowest BCUT2D eigenvalue weighted by Gasteiger charge is -2.28. The third-order valence-corrected chi connectivity index (χ3v) is 7.50. The number of benzene rings is 1. The zero-order valence-electron chi connectivity index (χ0n) is 13.8. The Morgan fingerprint density at radius 1 is 1.19 bits per heavy atom. The number of nitrogens with two attached hydrogens (primary N) is 1. The van der Waals surface area contributed by atoms with Crippen LogP contribution in [0.4, 0.5) is 4.39 Å². The van der Waals surface area contributed by atoms with Crippen molar-refractivity contribution in [1.29, 1.82) is 0 Å². The van der Waals surface area contributed by atoms with Gasteiger partial charge in [0.15, 0.2) is 0 Å². The second kappa shape index (κ2) is 6.19. The predicted octanol–water partition coefficient (Wildman–Crippen LogP) is 2.25. The maximum Gasteiger partial charge on any atom is 0.247 e. The first kappa shape index (κ1) is 18.6. The number of allylic oxidation sites excluding steroid dienone is 3. The third kappa shape index (κ3) is 3.25. The Morgan fingerprint density at radius 2 is 1.92 bits per heavy atom. The van der Waals surface area contributed by atoms with Crippen LogP contribution < -0.4 is 5.14 Å². The molecule has 2 N–H and O–H groups in total. The van der Waals surface area contributed by atoms with Gasteiger partial charge in [-0.15, -0.1) is 0 Å². The molecular weight excluding hydrogens is 379 g/mol. The van der Waals surface area contributed by atoms with Crippen LogP contribution in [-0.4, -0.2) is 25.6 Å². The van der Waals surface area contributed by atoms with Crippen molar-refractivity contribution in [1.82, 2.24) is 3.97 Å². The Bertz CT molecular complexity index is 1130. The highest BCUT2D eigenvalue weighted by atomic mass is 32.2. The molecule has 0 saturated carbocycles. The highest BCUT2D eigenvalue weighted by Gasteiger charge is 2.39. The molecular formula is C17H17FN2O4S2. The van der Waals surface area contributed by atoms with Gasteiger partial charge in [-0.1, -0.05) is 30.4 Å². The van der Waals surface area contributed by atoms with Gasteiger partial charge in [0.2, 0.25) is 20.0 Å². The molecule has 9 heteroatoms. The van der Waals surface area contributed by atoms with Crippen LogP contribution in [0.5, 0.6) is 0 Å². The van der Waals surface area contributed by atoms with Gasteiger partial charge in [-0.2, -0.15) is 0 Å². The van der Waals surface area contributed by atoms with Crippen molar-refractivity contribution in [2.75, 3.05) is 0 Å². The van der Waals surface area contributed by atoms with Crippen LogP contribution >= 0.6 is 0 Å². The van der Waals surface area contributed by atoms with Crippen LogP contribution in [0.1, 0.15) is 18.9 Å². The predicted molar refractivity (Wildman–Crippen MR) is 96.7 cm³/mol. The number of hydrogen-bond acceptors (Lipinski definition) is 4. The summed E-state index contributed by atoms with van der Waals surface area (Å²) in [5, 5.41) is 5.03. The fourth-order valence-corrected chi connectivity index (χ4v) is 4.77. The molecule has 0 radical (unpaired) electrons. The van der Waals surface area contributed by atoms with Crippen LogP contribution in [-0.2, 0) is 20.0 Å². The van der Waals surface area contributed by atoms with Crippen molar-refractivity contribution >= 4 is 25.6 Å². The van der Waals surface area contributed by atoms with Crippen molar-refractivity contribution in [2.24, 2.45) is 5.14 Å². The minimum absolute atomic E-state index is 0.153. The number of primary sulfonamides is 1. The molecule has 0 aliphatic heterocycles. The summed E-state index contributed by atoms with van der Waals surface area (Å²) in [6.07, 6.45) is 7.16. The molecule has 26 heavy (non-hydrogen) atoms. The Hall–Kier alpha value is -2.23. The number of rotatable bonds is 4. The van der Waals surface area contributed by atoms with Crippen molar-refractivity contribution in [2.45, 2.75) is 23.0 Å². The molecule has 1 atom stereocenters. The van der Waals surface area contributed by atoms with E-state index in [9.17, 15) is 21.2 Å². The smallest absolute Gasteiger partial charge is 0.247 e. The van der Waals surface area contributed by atoms with E-state index in [1.807, 2.05) is 0 Å². The monoisotopic (exact) mass is 396 g/mol. The maximum atomic E-state index is 13.4. The quantitative estimate of drug-likeness (QED) is 0.857. The first-order valence-electron chi connectivity index (χ1n) is 7.64. The molecule has 138 valence electrons. The molecule has 0 amide bonds. The summed E-state index contributed by atoms with van der Waals surface area (Å²) >= 11 is 0. The van der Waals surface area contributed by atoms with E-state index in [1.54, 1.807) is 24.3 Å². The normalized spacial score (nSPS) is 20.8. The van der Waals surface area contributed by atoms with Crippen LogP contribution in [0.15, 0.2) is 65.8 Å². The van der Waals surface area contributed by atoms with Crippen LogP contribution in [0.25, 0.3) is 5.57 Å². The molecule has 0 spiro atoms. The van der Waals surface area contributed by atoms with Crippen LogP contribution in [0.2, 0.25) is 0 Å². The molecule has 0 saturated heterocycles. The summed E-state index contributed by atoms with van der Waals surface area (Å²) in [4.78, 5) is -0.277. The summed E-state index contributed by atoms with van der Waals surface area (Å²) in [5.74, 6) is -0.374. The number of aromatic nitrogens is 1. The lowest BCUT2D eigenvalue weighted by molar-refractivity contribution is 0.553. The molecule has 2 aromatic rings. The Kier molecular flexibility index (Phi) is 4.41.